The fourth-order valence-corrected chi connectivity index (χ4v) is 5.52. The Balaban J connectivity index is 1.32. The van der Waals surface area contributed by atoms with E-state index in [-0.39, 0.29) is 23.9 Å². The molecule has 1 fully saturated rings. The molecule has 0 N–H and O–H groups in total. The molecule has 0 aliphatic carbocycles. The van der Waals surface area contributed by atoms with Gasteiger partial charge in [0.15, 0.2) is 0 Å². The summed E-state index contributed by atoms with van der Waals surface area (Å²) >= 11 is 0. The van der Waals surface area contributed by atoms with Gasteiger partial charge in [-0.1, -0.05) is 121 Å². The molecule has 1 saturated heterocycles. The van der Waals surface area contributed by atoms with Gasteiger partial charge in [0.05, 0.1) is 6.04 Å². The van der Waals surface area contributed by atoms with E-state index in [0.717, 1.165) is 19.5 Å². The number of hydrogen-bond acceptors (Lipinski definition) is 2. The lowest BCUT2D eigenvalue weighted by Gasteiger charge is -2.31. The molecule has 182 valence electrons. The minimum Gasteiger partial charge on any atom is -0.341 e. The van der Waals surface area contributed by atoms with Crippen LogP contribution in [-0.4, -0.2) is 41.9 Å². The lowest BCUT2D eigenvalue weighted by molar-refractivity contribution is -0.132. The van der Waals surface area contributed by atoms with E-state index in [4.69, 9.17) is 0 Å². The van der Waals surface area contributed by atoms with Gasteiger partial charge < -0.3 is 4.90 Å². The maximum absolute atomic E-state index is 13.6. The maximum Gasteiger partial charge on any atom is 0.223 e. The number of rotatable bonds is 8. The summed E-state index contributed by atoms with van der Waals surface area (Å²) in [5.74, 6) is 0.261. The van der Waals surface area contributed by atoms with Gasteiger partial charge in [0, 0.05) is 38.5 Å². The number of nitrogens with zero attached hydrogens (tertiary/aromatic N) is 2. The summed E-state index contributed by atoms with van der Waals surface area (Å²) in [6.07, 6.45) is 1.46. The number of hydrogen-bond donors (Lipinski definition) is 0. The van der Waals surface area contributed by atoms with Crippen molar-refractivity contribution in [2.75, 3.05) is 20.1 Å². The van der Waals surface area contributed by atoms with E-state index >= 15 is 0 Å². The molecule has 1 aliphatic rings. The molecule has 1 aliphatic heterocycles. The summed E-state index contributed by atoms with van der Waals surface area (Å²) in [6.45, 7) is 1.84. The molecule has 0 spiro atoms. The van der Waals surface area contributed by atoms with Crippen molar-refractivity contribution in [2.45, 2.75) is 30.8 Å². The van der Waals surface area contributed by atoms with Gasteiger partial charge in [0.25, 0.3) is 0 Å². The molecule has 4 aromatic carbocycles. The van der Waals surface area contributed by atoms with E-state index in [2.05, 4.69) is 114 Å². The van der Waals surface area contributed by atoms with Gasteiger partial charge in [0.2, 0.25) is 5.91 Å². The standard InChI is InChI=1S/C33H34N2O/c1-34(32(36)24-31(26-14-6-2-7-15-26)27-16-8-3-9-17-27)30-22-23-35(25-30)33(28-18-10-4-11-19-28)29-20-12-5-13-21-29/h2-21,30-31,33H,22-25H2,1H3. The number of likely N-dealkylation sites (tertiary alicyclic amines) is 1. The highest BCUT2D eigenvalue weighted by molar-refractivity contribution is 5.78. The smallest absolute Gasteiger partial charge is 0.223 e. The third-order valence-corrected chi connectivity index (χ3v) is 7.51. The second-order valence-corrected chi connectivity index (χ2v) is 9.74. The molecule has 1 heterocycles. The van der Waals surface area contributed by atoms with Crippen LogP contribution in [0.2, 0.25) is 0 Å². The molecule has 1 amide bonds. The molecule has 0 saturated carbocycles. The highest BCUT2D eigenvalue weighted by Gasteiger charge is 2.34. The van der Waals surface area contributed by atoms with E-state index in [9.17, 15) is 4.79 Å². The summed E-state index contributed by atoms with van der Waals surface area (Å²) in [5, 5.41) is 0. The molecular weight excluding hydrogens is 440 g/mol. The summed E-state index contributed by atoms with van der Waals surface area (Å²) in [4.78, 5) is 18.1. The first-order chi connectivity index (χ1) is 17.7. The van der Waals surface area contributed by atoms with Crippen molar-refractivity contribution in [3.05, 3.63) is 144 Å². The first-order valence-corrected chi connectivity index (χ1v) is 12.9. The van der Waals surface area contributed by atoms with Gasteiger partial charge in [-0.2, -0.15) is 0 Å². The van der Waals surface area contributed by atoms with E-state index in [0.29, 0.717) is 6.42 Å². The fourth-order valence-electron chi connectivity index (χ4n) is 5.52. The van der Waals surface area contributed by atoms with Crippen LogP contribution in [0, 0.1) is 0 Å². The zero-order chi connectivity index (χ0) is 24.7. The van der Waals surface area contributed by atoms with Crippen LogP contribution in [0.5, 0.6) is 0 Å². The van der Waals surface area contributed by atoms with Gasteiger partial charge in [0.1, 0.15) is 0 Å². The van der Waals surface area contributed by atoms with Crippen LogP contribution in [0.25, 0.3) is 0 Å². The van der Waals surface area contributed by atoms with E-state index in [1.807, 2.05) is 24.1 Å². The molecule has 0 bridgehead atoms. The molecule has 1 unspecified atom stereocenters. The Hall–Kier alpha value is -3.69. The average Bonchev–Trinajstić information content (AvgIpc) is 3.43. The minimum absolute atomic E-state index is 0.0567. The first-order valence-electron chi connectivity index (χ1n) is 12.9. The second-order valence-electron chi connectivity index (χ2n) is 9.74. The second kappa shape index (κ2) is 11.4. The van der Waals surface area contributed by atoms with Crippen molar-refractivity contribution in [3.8, 4) is 0 Å². The zero-order valence-corrected chi connectivity index (χ0v) is 20.9. The summed E-state index contributed by atoms with van der Waals surface area (Å²) < 4.78 is 0. The van der Waals surface area contributed by atoms with Crippen molar-refractivity contribution in [3.63, 3.8) is 0 Å². The Morgan fingerprint density at radius 1 is 0.722 bits per heavy atom. The normalized spacial score (nSPS) is 15.9. The Morgan fingerprint density at radius 2 is 1.14 bits per heavy atom. The third-order valence-electron chi connectivity index (χ3n) is 7.51. The van der Waals surface area contributed by atoms with Crippen LogP contribution in [-0.2, 0) is 4.79 Å². The maximum atomic E-state index is 13.6. The topological polar surface area (TPSA) is 23.6 Å². The average molecular weight is 475 g/mol. The highest BCUT2D eigenvalue weighted by atomic mass is 16.2. The van der Waals surface area contributed by atoms with Gasteiger partial charge in [-0.3, -0.25) is 9.69 Å². The Kier molecular flexibility index (Phi) is 7.58. The van der Waals surface area contributed by atoms with Crippen LogP contribution in [0.4, 0.5) is 0 Å². The lowest BCUT2D eigenvalue weighted by atomic mass is 9.88. The molecule has 4 aromatic rings. The third kappa shape index (κ3) is 5.42. The van der Waals surface area contributed by atoms with Crippen molar-refractivity contribution in [1.29, 1.82) is 0 Å². The summed E-state index contributed by atoms with van der Waals surface area (Å²) in [5.41, 5.74) is 4.97. The van der Waals surface area contributed by atoms with Gasteiger partial charge in [-0.05, 0) is 28.7 Å². The van der Waals surface area contributed by atoms with Crippen LogP contribution in [0.15, 0.2) is 121 Å². The van der Waals surface area contributed by atoms with Crippen LogP contribution >= 0.6 is 0 Å². The van der Waals surface area contributed by atoms with Crippen molar-refractivity contribution in [1.82, 2.24) is 9.80 Å². The number of amides is 1. The molecule has 0 aromatic heterocycles. The SMILES string of the molecule is CN(C(=O)CC(c1ccccc1)c1ccccc1)C1CCN(C(c2ccccc2)c2ccccc2)C1. The van der Waals surface area contributed by atoms with Crippen LogP contribution in [0.1, 0.15) is 47.1 Å². The van der Waals surface area contributed by atoms with Crippen molar-refractivity contribution >= 4 is 5.91 Å². The van der Waals surface area contributed by atoms with Crippen molar-refractivity contribution < 1.29 is 4.79 Å². The highest BCUT2D eigenvalue weighted by Crippen LogP contribution is 2.34. The van der Waals surface area contributed by atoms with E-state index in [1.165, 1.54) is 22.3 Å². The number of likely N-dealkylation sites (N-methyl/N-ethyl adjacent to an activating group) is 1. The monoisotopic (exact) mass is 474 g/mol. The molecule has 36 heavy (non-hydrogen) atoms. The minimum atomic E-state index is 0.0567. The quantitative estimate of drug-likeness (QED) is 0.290. The molecular formula is C33H34N2O. The lowest BCUT2D eigenvalue weighted by Crippen LogP contribution is -2.40. The fraction of sp³-hybridized carbons (Fsp3) is 0.242. The number of carbonyl (C=O) groups is 1. The number of benzene rings is 4. The molecule has 5 rings (SSSR count). The Morgan fingerprint density at radius 3 is 1.58 bits per heavy atom. The predicted octanol–water partition coefficient (Wildman–Crippen LogP) is 6.53. The number of carbonyl (C=O) groups excluding carboxylic acids is 1. The van der Waals surface area contributed by atoms with Crippen LogP contribution in [0.3, 0.4) is 0 Å². The molecule has 1 atom stereocenters. The Labute approximate surface area is 215 Å². The van der Waals surface area contributed by atoms with Gasteiger partial charge >= 0.3 is 0 Å². The van der Waals surface area contributed by atoms with Gasteiger partial charge in [-0.15, -0.1) is 0 Å². The van der Waals surface area contributed by atoms with Crippen molar-refractivity contribution in [2.24, 2.45) is 0 Å². The van der Waals surface area contributed by atoms with Gasteiger partial charge in [-0.25, -0.2) is 0 Å². The van der Waals surface area contributed by atoms with E-state index in [1.54, 1.807) is 0 Å². The van der Waals surface area contributed by atoms with E-state index < -0.39 is 0 Å². The Bertz CT molecular complexity index is 1150. The predicted molar refractivity (Wildman–Crippen MR) is 147 cm³/mol. The molecule has 3 nitrogen and oxygen atoms in total. The zero-order valence-electron chi connectivity index (χ0n) is 20.9. The first kappa shape index (κ1) is 24.0. The molecule has 3 heteroatoms. The summed E-state index contributed by atoms with van der Waals surface area (Å²) in [7, 11) is 1.99. The molecule has 0 radical (unpaired) electrons. The largest absolute Gasteiger partial charge is 0.341 e. The van der Waals surface area contributed by atoms with Crippen LogP contribution < -0.4 is 0 Å². The summed E-state index contributed by atoms with van der Waals surface area (Å²) in [6, 6.07) is 42.7.